The summed E-state index contributed by atoms with van der Waals surface area (Å²) in [5.41, 5.74) is -0.205. The smallest absolute Gasteiger partial charge is 0.296 e. The Hall–Kier alpha value is -2.02. The van der Waals surface area contributed by atoms with Crippen LogP contribution in [0.2, 0.25) is 5.28 Å². The first kappa shape index (κ1) is 13.4. The number of H-pyrrole nitrogens is 1. The summed E-state index contributed by atoms with van der Waals surface area (Å²) in [5, 5.41) is 9.22. The van der Waals surface area contributed by atoms with Crippen LogP contribution in [-0.4, -0.2) is 31.1 Å². The third-order valence-electron chi connectivity index (χ3n) is 2.27. The van der Waals surface area contributed by atoms with Crippen molar-refractivity contribution in [3.05, 3.63) is 29.2 Å². The highest BCUT2D eigenvalue weighted by atomic mass is 35.5. The van der Waals surface area contributed by atoms with E-state index < -0.39 is 5.91 Å². The van der Waals surface area contributed by atoms with Crippen LogP contribution >= 0.6 is 11.6 Å². The second-order valence-electron chi connectivity index (χ2n) is 4.92. The topological polar surface area (TPSA) is 96.5 Å². The van der Waals surface area contributed by atoms with E-state index >= 15 is 0 Å². The molecule has 2 rings (SSSR count). The molecule has 0 radical (unpaired) electrons. The van der Waals surface area contributed by atoms with Crippen molar-refractivity contribution in [1.82, 2.24) is 25.1 Å². The highest BCUT2D eigenvalue weighted by Gasteiger charge is 2.21. The van der Waals surface area contributed by atoms with Gasteiger partial charge in [0.15, 0.2) is 0 Å². The molecular formula is C11H13ClN6O. The molecule has 0 unspecified atom stereocenters. The molecule has 0 spiro atoms. The van der Waals surface area contributed by atoms with Gasteiger partial charge >= 0.3 is 0 Å². The van der Waals surface area contributed by atoms with Crippen molar-refractivity contribution in [2.24, 2.45) is 0 Å². The zero-order chi connectivity index (χ0) is 14.0. The van der Waals surface area contributed by atoms with Crippen molar-refractivity contribution in [3.8, 4) is 0 Å². The van der Waals surface area contributed by atoms with Crippen molar-refractivity contribution in [1.29, 1.82) is 0 Å². The van der Waals surface area contributed by atoms with Crippen molar-refractivity contribution >= 4 is 23.3 Å². The number of nitrogens with one attached hydrogen (secondary N) is 2. The van der Waals surface area contributed by atoms with Crippen molar-refractivity contribution in [3.63, 3.8) is 0 Å². The van der Waals surface area contributed by atoms with Crippen molar-refractivity contribution in [2.45, 2.75) is 26.2 Å². The van der Waals surface area contributed by atoms with Gasteiger partial charge in [-0.3, -0.25) is 9.89 Å². The molecule has 0 fully saturated rings. The fourth-order valence-corrected chi connectivity index (χ4v) is 1.42. The quantitative estimate of drug-likeness (QED) is 0.818. The second-order valence-corrected chi connectivity index (χ2v) is 5.26. The van der Waals surface area contributed by atoms with Gasteiger partial charge in [-0.15, -0.1) is 5.10 Å². The second kappa shape index (κ2) is 4.93. The number of amides is 1. The average Bonchev–Trinajstić information content (AvgIpc) is 2.77. The monoisotopic (exact) mass is 280 g/mol. The molecule has 0 aliphatic heterocycles. The van der Waals surface area contributed by atoms with E-state index in [-0.39, 0.29) is 16.5 Å². The molecule has 2 aromatic rings. The van der Waals surface area contributed by atoms with Crippen LogP contribution in [0, 0.1) is 0 Å². The fourth-order valence-electron chi connectivity index (χ4n) is 1.28. The molecular weight excluding hydrogens is 268 g/mol. The maximum absolute atomic E-state index is 11.9. The summed E-state index contributed by atoms with van der Waals surface area (Å²) in [7, 11) is 0. The molecule has 0 aliphatic carbocycles. The van der Waals surface area contributed by atoms with Gasteiger partial charge in [-0.2, -0.15) is 0 Å². The number of carbonyl (C=O) groups is 1. The van der Waals surface area contributed by atoms with Crippen LogP contribution in [0.4, 0.5) is 5.82 Å². The Balaban J connectivity index is 2.14. The number of hydrogen-bond acceptors (Lipinski definition) is 5. The van der Waals surface area contributed by atoms with Crippen molar-refractivity contribution < 1.29 is 4.79 Å². The average molecular weight is 281 g/mol. The van der Waals surface area contributed by atoms with Gasteiger partial charge in [-0.1, -0.05) is 20.8 Å². The Labute approximate surface area is 114 Å². The SMILES string of the molecule is CC(C)(C)c1nc(C(=O)Nc2ccnc(Cl)n2)n[nH]1. The summed E-state index contributed by atoms with van der Waals surface area (Å²) in [6.07, 6.45) is 1.45. The summed E-state index contributed by atoms with van der Waals surface area (Å²) in [4.78, 5) is 23.6. The first-order valence-electron chi connectivity index (χ1n) is 5.59. The van der Waals surface area contributed by atoms with E-state index in [1.165, 1.54) is 12.3 Å². The molecule has 2 N–H and O–H groups in total. The van der Waals surface area contributed by atoms with Crippen LogP contribution in [0.3, 0.4) is 0 Å². The number of aromatic nitrogens is 5. The lowest BCUT2D eigenvalue weighted by Crippen LogP contribution is -2.16. The predicted molar refractivity (Wildman–Crippen MR) is 70.1 cm³/mol. The van der Waals surface area contributed by atoms with Crippen LogP contribution in [-0.2, 0) is 5.41 Å². The molecule has 0 saturated carbocycles. The molecule has 0 aliphatic rings. The Morgan fingerprint density at radius 2 is 2.11 bits per heavy atom. The minimum absolute atomic E-state index is 0.0552. The van der Waals surface area contributed by atoms with Crippen molar-refractivity contribution in [2.75, 3.05) is 5.32 Å². The lowest BCUT2D eigenvalue weighted by atomic mass is 9.96. The zero-order valence-electron chi connectivity index (χ0n) is 10.7. The van der Waals surface area contributed by atoms with Crippen LogP contribution in [0.15, 0.2) is 12.3 Å². The highest BCUT2D eigenvalue weighted by molar-refractivity contribution is 6.28. The van der Waals surface area contributed by atoms with Gasteiger partial charge in [-0.25, -0.2) is 15.0 Å². The molecule has 2 aromatic heterocycles. The van der Waals surface area contributed by atoms with Crippen LogP contribution in [0.25, 0.3) is 0 Å². The van der Waals surface area contributed by atoms with Crippen LogP contribution < -0.4 is 5.32 Å². The molecule has 19 heavy (non-hydrogen) atoms. The zero-order valence-corrected chi connectivity index (χ0v) is 11.5. The van der Waals surface area contributed by atoms with Gasteiger partial charge in [0.05, 0.1) is 0 Å². The minimum atomic E-state index is -0.457. The summed E-state index contributed by atoms with van der Waals surface area (Å²) < 4.78 is 0. The maximum atomic E-state index is 11.9. The van der Waals surface area contributed by atoms with Crippen LogP contribution in [0.5, 0.6) is 0 Å². The molecule has 2 heterocycles. The van der Waals surface area contributed by atoms with Gasteiger partial charge in [0.25, 0.3) is 5.91 Å². The molecule has 0 atom stereocenters. The van der Waals surface area contributed by atoms with E-state index in [2.05, 4.69) is 30.5 Å². The molecule has 0 aromatic carbocycles. The molecule has 0 saturated heterocycles. The maximum Gasteiger partial charge on any atom is 0.296 e. The van der Waals surface area contributed by atoms with E-state index in [0.29, 0.717) is 11.6 Å². The summed E-state index contributed by atoms with van der Waals surface area (Å²) >= 11 is 5.63. The number of halogens is 1. The number of anilines is 1. The van der Waals surface area contributed by atoms with E-state index in [4.69, 9.17) is 11.6 Å². The molecule has 1 amide bonds. The Kier molecular flexibility index (Phi) is 3.48. The Morgan fingerprint density at radius 3 is 2.68 bits per heavy atom. The van der Waals surface area contributed by atoms with Crippen LogP contribution in [0.1, 0.15) is 37.2 Å². The Morgan fingerprint density at radius 1 is 1.37 bits per heavy atom. The molecule has 0 bridgehead atoms. The minimum Gasteiger partial charge on any atom is -0.304 e. The van der Waals surface area contributed by atoms with Gasteiger partial charge in [0.1, 0.15) is 11.6 Å². The molecule has 7 nitrogen and oxygen atoms in total. The van der Waals surface area contributed by atoms with Gasteiger partial charge in [-0.05, 0) is 17.7 Å². The van der Waals surface area contributed by atoms with Gasteiger partial charge in [0.2, 0.25) is 11.1 Å². The summed E-state index contributed by atoms with van der Waals surface area (Å²) in [5.74, 6) is 0.534. The summed E-state index contributed by atoms with van der Waals surface area (Å²) in [6.45, 7) is 5.91. The van der Waals surface area contributed by atoms with Gasteiger partial charge < -0.3 is 5.32 Å². The van der Waals surface area contributed by atoms with E-state index in [0.717, 1.165) is 0 Å². The highest BCUT2D eigenvalue weighted by Crippen LogP contribution is 2.17. The predicted octanol–water partition coefficient (Wildman–Crippen LogP) is 1.80. The summed E-state index contributed by atoms with van der Waals surface area (Å²) in [6, 6.07) is 1.53. The number of aromatic amines is 1. The third-order valence-corrected chi connectivity index (χ3v) is 2.45. The first-order valence-corrected chi connectivity index (χ1v) is 5.97. The number of rotatable bonds is 2. The number of hydrogen-bond donors (Lipinski definition) is 2. The normalized spacial score (nSPS) is 11.4. The number of carbonyl (C=O) groups excluding carboxylic acids is 1. The Bertz CT molecular complexity index is 603. The lowest BCUT2D eigenvalue weighted by molar-refractivity contribution is 0.101. The molecule has 8 heteroatoms. The van der Waals surface area contributed by atoms with E-state index in [1.807, 2.05) is 20.8 Å². The molecule has 100 valence electrons. The standard InChI is InChI=1S/C11H13ClN6O/c1-11(2,3)9-16-7(17-18-9)8(19)14-6-4-5-13-10(12)15-6/h4-5H,1-3H3,(H,16,17,18)(H,13,14,15,19). The van der Waals surface area contributed by atoms with E-state index in [9.17, 15) is 4.79 Å². The largest absolute Gasteiger partial charge is 0.304 e. The first-order chi connectivity index (χ1) is 8.86. The lowest BCUT2D eigenvalue weighted by Gasteiger charge is -2.12. The van der Waals surface area contributed by atoms with E-state index in [1.54, 1.807) is 0 Å². The van der Waals surface area contributed by atoms with Gasteiger partial charge in [0, 0.05) is 11.6 Å². The fraction of sp³-hybridized carbons (Fsp3) is 0.364. The number of nitrogens with zero attached hydrogens (tertiary/aromatic N) is 4. The third kappa shape index (κ3) is 3.25.